The second kappa shape index (κ2) is 6.13. The summed E-state index contributed by atoms with van der Waals surface area (Å²) >= 11 is 0. The lowest BCUT2D eigenvalue weighted by Crippen LogP contribution is -2.17. The number of ether oxygens (including phenoxy) is 1. The highest BCUT2D eigenvalue weighted by Crippen LogP contribution is 2.33. The second-order valence-electron chi connectivity index (χ2n) is 5.48. The molecule has 1 heterocycles. The maximum atomic E-state index is 13.0. The molecule has 0 aromatic heterocycles. The molecule has 1 aliphatic rings. The molecule has 0 spiro atoms. The molecular formula is C19H20O2. The number of Topliss-reactive ketones (excluding diaryl/α,β-unsaturated/α-hetero) is 1. The Morgan fingerprint density at radius 1 is 1.14 bits per heavy atom. The molecule has 0 amide bonds. The van der Waals surface area contributed by atoms with Crippen LogP contribution in [0.1, 0.15) is 47.2 Å². The molecular weight excluding hydrogens is 260 g/mol. The Kier molecular flexibility index (Phi) is 4.05. The van der Waals surface area contributed by atoms with Crippen LogP contribution >= 0.6 is 0 Å². The van der Waals surface area contributed by atoms with Gasteiger partial charge in [-0.25, -0.2) is 0 Å². The molecule has 21 heavy (non-hydrogen) atoms. The molecule has 2 heteroatoms. The Hall–Kier alpha value is -2.09. The van der Waals surface area contributed by atoms with Crippen molar-refractivity contribution >= 4 is 5.78 Å². The Labute approximate surface area is 125 Å². The fourth-order valence-electron chi connectivity index (χ4n) is 3.03. The van der Waals surface area contributed by atoms with E-state index in [-0.39, 0.29) is 11.7 Å². The summed E-state index contributed by atoms with van der Waals surface area (Å²) in [6, 6.07) is 16.0. The molecule has 0 radical (unpaired) electrons. The highest BCUT2D eigenvalue weighted by molar-refractivity contribution is 6.03. The van der Waals surface area contributed by atoms with E-state index in [9.17, 15) is 4.79 Å². The van der Waals surface area contributed by atoms with Crippen LogP contribution in [-0.4, -0.2) is 12.4 Å². The van der Waals surface area contributed by atoms with Crippen LogP contribution < -0.4 is 4.74 Å². The van der Waals surface area contributed by atoms with Gasteiger partial charge in [0.2, 0.25) is 0 Å². The third-order valence-electron chi connectivity index (χ3n) is 4.13. The topological polar surface area (TPSA) is 26.3 Å². The van der Waals surface area contributed by atoms with Crippen molar-refractivity contribution in [2.45, 2.75) is 32.1 Å². The quantitative estimate of drug-likeness (QED) is 0.776. The van der Waals surface area contributed by atoms with E-state index < -0.39 is 0 Å². The largest absolute Gasteiger partial charge is 0.493 e. The van der Waals surface area contributed by atoms with Gasteiger partial charge < -0.3 is 4.74 Å². The summed E-state index contributed by atoms with van der Waals surface area (Å²) < 4.78 is 5.79. The molecule has 0 aliphatic carbocycles. The van der Waals surface area contributed by atoms with Crippen molar-refractivity contribution in [3.05, 3.63) is 65.2 Å². The van der Waals surface area contributed by atoms with Gasteiger partial charge in [-0.15, -0.1) is 0 Å². The van der Waals surface area contributed by atoms with E-state index in [0.717, 1.165) is 41.7 Å². The first-order chi connectivity index (χ1) is 10.3. The molecule has 1 unspecified atom stereocenters. The van der Waals surface area contributed by atoms with Crippen LogP contribution in [0.25, 0.3) is 0 Å². The number of para-hydroxylation sites is 1. The molecule has 2 aromatic rings. The molecule has 0 fully saturated rings. The van der Waals surface area contributed by atoms with Gasteiger partial charge in [-0.3, -0.25) is 4.79 Å². The second-order valence-corrected chi connectivity index (χ2v) is 5.48. The number of benzene rings is 2. The van der Waals surface area contributed by atoms with Crippen molar-refractivity contribution in [1.82, 2.24) is 0 Å². The third kappa shape index (κ3) is 2.71. The first kappa shape index (κ1) is 13.9. The minimum Gasteiger partial charge on any atom is -0.493 e. The number of ketones is 1. The number of aryl methyl sites for hydroxylation is 1. The summed E-state index contributed by atoms with van der Waals surface area (Å²) in [6.45, 7) is 2.77. The average Bonchev–Trinajstić information content (AvgIpc) is 2.56. The minimum atomic E-state index is -0.0942. The minimum absolute atomic E-state index is 0.0942. The first-order valence-corrected chi connectivity index (χ1v) is 7.65. The van der Waals surface area contributed by atoms with E-state index in [1.54, 1.807) is 0 Å². The number of fused-ring (bicyclic) bond motifs is 1. The predicted molar refractivity (Wildman–Crippen MR) is 84.1 cm³/mol. The molecule has 1 aliphatic heterocycles. The Bertz CT molecular complexity index is 631. The Balaban J connectivity index is 1.98. The summed E-state index contributed by atoms with van der Waals surface area (Å²) in [4.78, 5) is 13.0. The van der Waals surface area contributed by atoms with Gasteiger partial charge in [-0.1, -0.05) is 49.4 Å². The van der Waals surface area contributed by atoms with E-state index in [0.29, 0.717) is 6.61 Å². The zero-order chi connectivity index (χ0) is 14.7. The number of hydrogen-bond acceptors (Lipinski definition) is 2. The van der Waals surface area contributed by atoms with E-state index in [1.165, 1.54) is 0 Å². The molecule has 0 saturated heterocycles. The van der Waals surface area contributed by atoms with Gasteiger partial charge in [-0.2, -0.15) is 0 Å². The van der Waals surface area contributed by atoms with Crippen molar-refractivity contribution in [2.24, 2.45) is 0 Å². The lowest BCUT2D eigenvalue weighted by molar-refractivity contribution is 0.0952. The van der Waals surface area contributed by atoms with Crippen LogP contribution in [0.5, 0.6) is 5.75 Å². The molecule has 3 rings (SSSR count). The molecule has 0 saturated carbocycles. The van der Waals surface area contributed by atoms with E-state index in [1.807, 2.05) is 42.5 Å². The van der Waals surface area contributed by atoms with Crippen LogP contribution in [0.15, 0.2) is 48.5 Å². The van der Waals surface area contributed by atoms with Gasteiger partial charge in [0.1, 0.15) is 5.75 Å². The van der Waals surface area contributed by atoms with Crippen molar-refractivity contribution in [3.8, 4) is 5.75 Å². The van der Waals surface area contributed by atoms with Crippen LogP contribution in [0.3, 0.4) is 0 Å². The monoisotopic (exact) mass is 280 g/mol. The lowest BCUT2D eigenvalue weighted by Gasteiger charge is -2.22. The van der Waals surface area contributed by atoms with Gasteiger partial charge in [0, 0.05) is 5.92 Å². The average molecular weight is 280 g/mol. The number of carbonyl (C=O) groups is 1. The van der Waals surface area contributed by atoms with E-state index in [4.69, 9.17) is 4.74 Å². The maximum absolute atomic E-state index is 13.0. The van der Waals surface area contributed by atoms with Crippen molar-refractivity contribution < 1.29 is 9.53 Å². The van der Waals surface area contributed by atoms with Gasteiger partial charge in [-0.05, 0) is 36.5 Å². The molecule has 2 nitrogen and oxygen atoms in total. The van der Waals surface area contributed by atoms with Gasteiger partial charge in [0.25, 0.3) is 0 Å². The number of rotatable bonds is 4. The summed E-state index contributed by atoms with van der Waals surface area (Å²) in [5.41, 5.74) is 2.98. The van der Waals surface area contributed by atoms with Crippen LogP contribution in [0, 0.1) is 0 Å². The molecule has 1 atom stereocenters. The first-order valence-electron chi connectivity index (χ1n) is 7.65. The van der Waals surface area contributed by atoms with Crippen LogP contribution in [0.2, 0.25) is 0 Å². The van der Waals surface area contributed by atoms with E-state index in [2.05, 4.69) is 13.0 Å². The lowest BCUT2D eigenvalue weighted by atomic mass is 9.87. The molecule has 0 N–H and O–H groups in total. The van der Waals surface area contributed by atoms with Crippen molar-refractivity contribution in [1.29, 1.82) is 0 Å². The number of hydrogen-bond donors (Lipinski definition) is 0. The van der Waals surface area contributed by atoms with Crippen molar-refractivity contribution in [2.75, 3.05) is 6.61 Å². The SMILES string of the molecule is CCC(C(=O)c1cccc2c1OCCC2)c1ccccc1. The number of carbonyl (C=O) groups excluding carboxylic acids is 1. The summed E-state index contributed by atoms with van der Waals surface area (Å²) in [5, 5.41) is 0. The summed E-state index contributed by atoms with van der Waals surface area (Å²) in [6.07, 6.45) is 2.83. The zero-order valence-corrected chi connectivity index (χ0v) is 12.3. The summed E-state index contributed by atoms with van der Waals surface area (Å²) in [7, 11) is 0. The Morgan fingerprint density at radius 2 is 1.95 bits per heavy atom. The highest BCUT2D eigenvalue weighted by Gasteiger charge is 2.25. The Morgan fingerprint density at radius 3 is 2.71 bits per heavy atom. The summed E-state index contributed by atoms with van der Waals surface area (Å²) in [5.74, 6) is 0.883. The highest BCUT2D eigenvalue weighted by atomic mass is 16.5. The smallest absolute Gasteiger partial charge is 0.174 e. The standard InChI is InChI=1S/C19H20O2/c1-2-16(14-8-4-3-5-9-14)18(20)17-12-6-10-15-11-7-13-21-19(15)17/h3-6,8-10,12,16H,2,7,11,13H2,1H3. The fraction of sp³-hybridized carbons (Fsp3) is 0.316. The van der Waals surface area contributed by atoms with Crippen molar-refractivity contribution in [3.63, 3.8) is 0 Å². The molecule has 108 valence electrons. The van der Waals surface area contributed by atoms with Gasteiger partial charge in [0.05, 0.1) is 12.2 Å². The fourth-order valence-corrected chi connectivity index (χ4v) is 3.03. The van der Waals surface area contributed by atoms with Gasteiger partial charge >= 0.3 is 0 Å². The van der Waals surface area contributed by atoms with Gasteiger partial charge in [0.15, 0.2) is 5.78 Å². The third-order valence-corrected chi connectivity index (χ3v) is 4.13. The van der Waals surface area contributed by atoms with Crippen LogP contribution in [-0.2, 0) is 6.42 Å². The van der Waals surface area contributed by atoms with Crippen LogP contribution in [0.4, 0.5) is 0 Å². The normalized spacial score (nSPS) is 14.9. The predicted octanol–water partition coefficient (Wildman–Crippen LogP) is 4.39. The molecule has 0 bridgehead atoms. The molecule has 2 aromatic carbocycles. The maximum Gasteiger partial charge on any atom is 0.174 e. The van der Waals surface area contributed by atoms with E-state index >= 15 is 0 Å². The zero-order valence-electron chi connectivity index (χ0n) is 12.3.